The maximum atomic E-state index is 9.22. The van der Waals surface area contributed by atoms with Crippen molar-refractivity contribution in [3.63, 3.8) is 0 Å². The number of hydrogen-bond acceptors (Lipinski definition) is 4. The zero-order chi connectivity index (χ0) is 15.2. The molecule has 0 aliphatic rings. The lowest BCUT2D eigenvalue weighted by Gasteiger charge is -2.26. The first kappa shape index (κ1) is 15.6. The van der Waals surface area contributed by atoms with Crippen LogP contribution in [0.1, 0.15) is 0 Å². The van der Waals surface area contributed by atoms with Gasteiger partial charge in [0.1, 0.15) is 0 Å². The van der Waals surface area contributed by atoms with Gasteiger partial charge in [-0.2, -0.15) is 0 Å². The molecule has 2 aromatic carbocycles. The Balaban J connectivity index is 2.54. The normalized spacial score (nSPS) is 10.6. The smallest absolute Gasteiger partial charge is 0.0606 e. The van der Waals surface area contributed by atoms with Crippen LogP contribution in [-0.4, -0.2) is 36.5 Å². The van der Waals surface area contributed by atoms with Gasteiger partial charge in [0.05, 0.1) is 13.2 Å². The van der Waals surface area contributed by atoms with E-state index in [9.17, 15) is 10.2 Å². The van der Waals surface area contributed by atoms with Gasteiger partial charge in [0, 0.05) is 40.6 Å². The molecule has 0 unspecified atom stereocenters. The van der Waals surface area contributed by atoms with E-state index in [0.717, 1.165) is 16.8 Å². The highest BCUT2D eigenvalue weighted by molar-refractivity contribution is 6.33. The van der Waals surface area contributed by atoms with Crippen LogP contribution >= 0.6 is 11.6 Å². The number of nitrogens with zero attached hydrogens (tertiary/aromatic N) is 1. The Morgan fingerprint density at radius 1 is 0.952 bits per heavy atom. The molecule has 0 saturated carbocycles. The van der Waals surface area contributed by atoms with Gasteiger partial charge in [0.15, 0.2) is 0 Å². The summed E-state index contributed by atoms with van der Waals surface area (Å²) in [4.78, 5) is 1.91. The van der Waals surface area contributed by atoms with Gasteiger partial charge in [-0.05, 0) is 24.3 Å². The second-order valence-corrected chi connectivity index (χ2v) is 5.10. The molecule has 0 saturated heterocycles. The van der Waals surface area contributed by atoms with Crippen molar-refractivity contribution >= 4 is 23.0 Å². The Morgan fingerprint density at radius 3 is 2.24 bits per heavy atom. The van der Waals surface area contributed by atoms with Gasteiger partial charge in [-0.25, -0.2) is 0 Å². The number of aliphatic hydroxyl groups is 2. The van der Waals surface area contributed by atoms with Gasteiger partial charge in [-0.15, -0.1) is 0 Å². The first-order valence-electron chi connectivity index (χ1n) is 6.78. The molecule has 0 bridgehead atoms. The van der Waals surface area contributed by atoms with Crippen molar-refractivity contribution in [3.05, 3.63) is 47.5 Å². The topological polar surface area (TPSA) is 69.7 Å². The molecule has 0 aromatic heterocycles. The molecule has 2 aromatic rings. The van der Waals surface area contributed by atoms with E-state index in [1.54, 1.807) is 6.07 Å². The van der Waals surface area contributed by atoms with Crippen LogP contribution in [0, 0.1) is 0 Å². The quantitative estimate of drug-likeness (QED) is 0.717. The summed E-state index contributed by atoms with van der Waals surface area (Å²) in [7, 11) is 0. The van der Waals surface area contributed by atoms with E-state index in [-0.39, 0.29) is 13.2 Å². The highest BCUT2D eigenvalue weighted by atomic mass is 35.5. The minimum absolute atomic E-state index is 0.00629. The largest absolute Gasteiger partial charge is 0.399 e. The van der Waals surface area contributed by atoms with Gasteiger partial charge in [-0.3, -0.25) is 0 Å². The van der Waals surface area contributed by atoms with E-state index in [2.05, 4.69) is 0 Å². The molecule has 0 amide bonds. The maximum absolute atomic E-state index is 9.22. The van der Waals surface area contributed by atoms with E-state index in [4.69, 9.17) is 17.3 Å². The summed E-state index contributed by atoms with van der Waals surface area (Å²) in [6.07, 6.45) is 0. The van der Waals surface area contributed by atoms with E-state index in [1.807, 2.05) is 41.3 Å². The molecule has 2 rings (SSSR count). The number of hydrogen-bond donors (Lipinski definition) is 3. The molecular formula is C16H19ClN2O2. The number of benzene rings is 2. The molecule has 0 atom stereocenters. The zero-order valence-corrected chi connectivity index (χ0v) is 12.4. The fourth-order valence-electron chi connectivity index (χ4n) is 2.32. The SMILES string of the molecule is Nc1ccc(N(CCO)CCO)c(-c2ccccc2Cl)c1. The summed E-state index contributed by atoms with van der Waals surface area (Å²) in [5, 5.41) is 19.1. The average Bonchev–Trinajstić information content (AvgIpc) is 2.47. The first-order chi connectivity index (χ1) is 10.2. The molecule has 0 heterocycles. The molecular weight excluding hydrogens is 288 g/mol. The summed E-state index contributed by atoms with van der Waals surface area (Å²) >= 11 is 6.28. The molecule has 4 nitrogen and oxygen atoms in total. The Hall–Kier alpha value is -1.75. The van der Waals surface area contributed by atoms with Gasteiger partial charge in [-0.1, -0.05) is 29.8 Å². The molecule has 4 N–H and O–H groups in total. The first-order valence-corrected chi connectivity index (χ1v) is 7.16. The summed E-state index contributed by atoms with van der Waals surface area (Å²) in [6.45, 7) is 0.878. The molecule has 0 spiro atoms. The highest BCUT2D eigenvalue weighted by Gasteiger charge is 2.14. The third-order valence-electron chi connectivity index (χ3n) is 3.27. The van der Waals surface area contributed by atoms with E-state index >= 15 is 0 Å². The molecule has 0 fully saturated rings. The molecule has 21 heavy (non-hydrogen) atoms. The highest BCUT2D eigenvalue weighted by Crippen LogP contribution is 2.36. The lowest BCUT2D eigenvalue weighted by atomic mass is 10.0. The van der Waals surface area contributed by atoms with Crippen LogP contribution in [0.15, 0.2) is 42.5 Å². The minimum atomic E-state index is 0.00629. The Bertz CT molecular complexity index is 599. The van der Waals surface area contributed by atoms with Crippen molar-refractivity contribution in [1.29, 1.82) is 0 Å². The average molecular weight is 307 g/mol. The standard InChI is InChI=1S/C16H19ClN2O2/c17-15-4-2-1-3-13(15)14-11-12(18)5-6-16(14)19(7-9-20)8-10-21/h1-6,11,20-21H,7-10,18H2. The van der Waals surface area contributed by atoms with Crippen LogP contribution in [0.3, 0.4) is 0 Å². The number of rotatable bonds is 6. The van der Waals surface area contributed by atoms with Crippen molar-refractivity contribution in [2.24, 2.45) is 0 Å². The molecule has 0 radical (unpaired) electrons. The predicted molar refractivity (Wildman–Crippen MR) is 87.7 cm³/mol. The maximum Gasteiger partial charge on any atom is 0.0606 e. The second-order valence-electron chi connectivity index (χ2n) is 4.69. The Labute approximate surface area is 129 Å². The lowest BCUT2D eigenvalue weighted by molar-refractivity contribution is 0.281. The van der Waals surface area contributed by atoms with E-state index < -0.39 is 0 Å². The monoisotopic (exact) mass is 306 g/mol. The van der Waals surface area contributed by atoms with Gasteiger partial charge < -0.3 is 20.8 Å². The van der Waals surface area contributed by atoms with Crippen molar-refractivity contribution in [3.8, 4) is 11.1 Å². The minimum Gasteiger partial charge on any atom is -0.399 e. The fraction of sp³-hybridized carbons (Fsp3) is 0.250. The van der Waals surface area contributed by atoms with Crippen molar-refractivity contribution < 1.29 is 10.2 Å². The third kappa shape index (κ3) is 3.67. The summed E-state index contributed by atoms with van der Waals surface area (Å²) in [5.41, 5.74) is 9.20. The predicted octanol–water partition coefficient (Wildman–Crippen LogP) is 2.38. The zero-order valence-electron chi connectivity index (χ0n) is 11.7. The van der Waals surface area contributed by atoms with Crippen LogP contribution in [0.5, 0.6) is 0 Å². The Kier molecular flexibility index (Phi) is 5.44. The van der Waals surface area contributed by atoms with Crippen LogP contribution in [0.2, 0.25) is 5.02 Å². The summed E-state index contributed by atoms with van der Waals surface area (Å²) in [5.74, 6) is 0. The van der Waals surface area contributed by atoms with Gasteiger partial charge in [0.2, 0.25) is 0 Å². The number of nitrogens with two attached hydrogens (primary N) is 1. The van der Waals surface area contributed by atoms with Gasteiger partial charge in [0.25, 0.3) is 0 Å². The lowest BCUT2D eigenvalue weighted by Crippen LogP contribution is -2.30. The van der Waals surface area contributed by atoms with Crippen LogP contribution < -0.4 is 10.6 Å². The van der Waals surface area contributed by atoms with Crippen LogP contribution in [0.25, 0.3) is 11.1 Å². The van der Waals surface area contributed by atoms with Crippen LogP contribution in [0.4, 0.5) is 11.4 Å². The summed E-state index contributed by atoms with van der Waals surface area (Å²) in [6, 6.07) is 13.1. The number of aliphatic hydroxyl groups excluding tert-OH is 2. The second kappa shape index (κ2) is 7.31. The number of halogens is 1. The van der Waals surface area contributed by atoms with Gasteiger partial charge >= 0.3 is 0 Å². The van der Waals surface area contributed by atoms with E-state index in [0.29, 0.717) is 23.8 Å². The van der Waals surface area contributed by atoms with Crippen molar-refractivity contribution in [2.45, 2.75) is 0 Å². The third-order valence-corrected chi connectivity index (χ3v) is 3.59. The van der Waals surface area contributed by atoms with Crippen molar-refractivity contribution in [1.82, 2.24) is 0 Å². The molecule has 0 aliphatic carbocycles. The van der Waals surface area contributed by atoms with Crippen molar-refractivity contribution in [2.75, 3.05) is 36.9 Å². The number of anilines is 2. The molecule has 112 valence electrons. The number of nitrogen functional groups attached to an aromatic ring is 1. The Morgan fingerprint density at radius 2 is 1.62 bits per heavy atom. The van der Waals surface area contributed by atoms with Crippen LogP contribution in [-0.2, 0) is 0 Å². The summed E-state index contributed by atoms with van der Waals surface area (Å²) < 4.78 is 0. The molecule has 0 aliphatic heterocycles. The van der Waals surface area contributed by atoms with E-state index in [1.165, 1.54) is 0 Å². The fourth-order valence-corrected chi connectivity index (χ4v) is 2.56. The molecule has 5 heteroatoms.